The molecule has 8 nitrogen and oxygen atoms in total. The maximum absolute atomic E-state index is 12.6. The summed E-state index contributed by atoms with van der Waals surface area (Å²) in [6, 6.07) is 16.9. The van der Waals surface area contributed by atoms with Gasteiger partial charge >= 0.3 is 0 Å². The molecule has 1 amide bonds. The van der Waals surface area contributed by atoms with Crippen LogP contribution in [0.25, 0.3) is 34.3 Å². The van der Waals surface area contributed by atoms with Crippen molar-refractivity contribution in [1.82, 2.24) is 25.1 Å². The standard InChI is InChI=1S/C23H19N5O3/c29-23(28-10-12-30-13-11-28)18-8-6-16(7-9-18)19-14-24-15-20(25-19)22-27-26-21(31-22)17-4-2-1-3-5-17/h1-9,14-15H,10-13H2. The third kappa shape index (κ3) is 4.06. The third-order valence-corrected chi connectivity index (χ3v) is 5.03. The van der Waals surface area contributed by atoms with Gasteiger partial charge in [-0.3, -0.25) is 9.78 Å². The molecule has 0 saturated carbocycles. The van der Waals surface area contributed by atoms with Crippen LogP contribution in [0.4, 0.5) is 0 Å². The van der Waals surface area contributed by atoms with Gasteiger partial charge in [-0.1, -0.05) is 30.3 Å². The Kier molecular flexibility index (Phi) is 5.20. The number of carbonyl (C=O) groups excluding carboxylic acids is 1. The van der Waals surface area contributed by atoms with E-state index in [1.807, 2.05) is 54.6 Å². The molecule has 0 bridgehead atoms. The Balaban J connectivity index is 1.37. The third-order valence-electron chi connectivity index (χ3n) is 5.03. The molecule has 31 heavy (non-hydrogen) atoms. The van der Waals surface area contributed by atoms with Crippen LogP contribution in [0.2, 0.25) is 0 Å². The quantitative estimate of drug-likeness (QED) is 0.506. The molecule has 0 atom stereocenters. The van der Waals surface area contributed by atoms with Gasteiger partial charge in [-0.25, -0.2) is 4.98 Å². The predicted molar refractivity (Wildman–Crippen MR) is 113 cm³/mol. The molecule has 4 aromatic rings. The number of aromatic nitrogens is 4. The fourth-order valence-electron chi connectivity index (χ4n) is 3.36. The monoisotopic (exact) mass is 413 g/mol. The van der Waals surface area contributed by atoms with Crippen LogP contribution >= 0.6 is 0 Å². The number of hydrogen-bond donors (Lipinski definition) is 0. The molecule has 1 fully saturated rings. The molecular weight excluding hydrogens is 394 g/mol. The van der Waals surface area contributed by atoms with Crippen molar-refractivity contribution >= 4 is 5.91 Å². The van der Waals surface area contributed by atoms with Crippen LogP contribution in [0.3, 0.4) is 0 Å². The highest BCUT2D eigenvalue weighted by atomic mass is 16.5. The van der Waals surface area contributed by atoms with Crippen LogP contribution in [0.1, 0.15) is 10.4 Å². The van der Waals surface area contributed by atoms with Crippen molar-refractivity contribution in [2.75, 3.05) is 26.3 Å². The number of hydrogen-bond acceptors (Lipinski definition) is 7. The predicted octanol–water partition coefficient (Wildman–Crippen LogP) is 3.33. The summed E-state index contributed by atoms with van der Waals surface area (Å²) < 4.78 is 11.1. The molecule has 2 aromatic heterocycles. The molecule has 0 unspecified atom stereocenters. The molecule has 0 radical (unpaired) electrons. The highest BCUT2D eigenvalue weighted by Crippen LogP contribution is 2.24. The number of rotatable bonds is 4. The molecule has 0 spiro atoms. The number of ether oxygens (including phenoxy) is 1. The fourth-order valence-corrected chi connectivity index (χ4v) is 3.36. The van der Waals surface area contributed by atoms with Crippen LogP contribution < -0.4 is 0 Å². The first-order valence-corrected chi connectivity index (χ1v) is 9.97. The maximum atomic E-state index is 12.6. The lowest BCUT2D eigenvalue weighted by molar-refractivity contribution is 0.0303. The summed E-state index contributed by atoms with van der Waals surface area (Å²) in [6.07, 6.45) is 3.25. The molecular formula is C23H19N5O3. The molecule has 8 heteroatoms. The Morgan fingerprint density at radius 1 is 0.806 bits per heavy atom. The van der Waals surface area contributed by atoms with Crippen molar-refractivity contribution in [1.29, 1.82) is 0 Å². The molecule has 1 saturated heterocycles. The van der Waals surface area contributed by atoms with Crippen LogP contribution in [0.5, 0.6) is 0 Å². The summed E-state index contributed by atoms with van der Waals surface area (Å²) in [5.41, 5.74) is 3.46. The van der Waals surface area contributed by atoms with E-state index in [4.69, 9.17) is 9.15 Å². The summed E-state index contributed by atoms with van der Waals surface area (Å²) in [4.78, 5) is 23.3. The van der Waals surface area contributed by atoms with Crippen LogP contribution in [-0.4, -0.2) is 57.3 Å². The molecule has 3 heterocycles. The van der Waals surface area contributed by atoms with E-state index in [-0.39, 0.29) is 5.91 Å². The average molecular weight is 413 g/mol. The summed E-state index contributed by atoms with van der Waals surface area (Å²) in [6.45, 7) is 2.38. The van der Waals surface area contributed by atoms with Gasteiger partial charge in [0.15, 0.2) is 0 Å². The summed E-state index contributed by atoms with van der Waals surface area (Å²) in [7, 11) is 0. The lowest BCUT2D eigenvalue weighted by Gasteiger charge is -2.26. The van der Waals surface area contributed by atoms with Crippen LogP contribution in [0.15, 0.2) is 71.4 Å². The zero-order chi connectivity index (χ0) is 21.0. The van der Waals surface area contributed by atoms with Crippen molar-refractivity contribution < 1.29 is 13.9 Å². The largest absolute Gasteiger partial charge is 0.415 e. The van der Waals surface area contributed by atoms with Crippen molar-refractivity contribution in [3.05, 3.63) is 72.6 Å². The highest BCUT2D eigenvalue weighted by molar-refractivity contribution is 5.94. The molecule has 154 valence electrons. The van der Waals surface area contributed by atoms with Gasteiger partial charge in [-0.05, 0) is 24.3 Å². The lowest BCUT2D eigenvalue weighted by Crippen LogP contribution is -2.40. The molecule has 0 N–H and O–H groups in total. The van der Waals surface area contributed by atoms with E-state index in [9.17, 15) is 4.79 Å². The van der Waals surface area contributed by atoms with Crippen LogP contribution in [-0.2, 0) is 4.74 Å². The first kappa shape index (κ1) is 19.1. The van der Waals surface area contributed by atoms with E-state index < -0.39 is 0 Å². The second-order valence-electron chi connectivity index (χ2n) is 7.05. The first-order chi connectivity index (χ1) is 15.3. The second kappa shape index (κ2) is 8.45. The number of morpholine rings is 1. The van der Waals surface area contributed by atoms with Gasteiger partial charge in [-0.15, -0.1) is 10.2 Å². The van der Waals surface area contributed by atoms with Gasteiger partial charge < -0.3 is 14.1 Å². The van der Waals surface area contributed by atoms with Gasteiger partial charge in [0.1, 0.15) is 5.69 Å². The lowest BCUT2D eigenvalue weighted by atomic mass is 10.1. The van der Waals surface area contributed by atoms with Crippen molar-refractivity contribution in [2.24, 2.45) is 0 Å². The summed E-state index contributed by atoms with van der Waals surface area (Å²) >= 11 is 0. The highest BCUT2D eigenvalue weighted by Gasteiger charge is 2.19. The van der Waals surface area contributed by atoms with Gasteiger partial charge in [0.25, 0.3) is 11.8 Å². The van der Waals surface area contributed by atoms with Gasteiger partial charge in [0, 0.05) is 29.8 Å². The minimum Gasteiger partial charge on any atom is -0.415 e. The van der Waals surface area contributed by atoms with E-state index in [2.05, 4.69) is 20.2 Å². The average Bonchev–Trinajstić information content (AvgIpc) is 3.35. The van der Waals surface area contributed by atoms with Crippen LogP contribution in [0, 0.1) is 0 Å². The Bertz CT molecular complexity index is 1190. The molecule has 0 aliphatic carbocycles. The Hall–Kier alpha value is -3.91. The second-order valence-corrected chi connectivity index (χ2v) is 7.05. The Morgan fingerprint density at radius 2 is 1.52 bits per heavy atom. The molecule has 2 aromatic carbocycles. The van der Waals surface area contributed by atoms with Crippen molar-refractivity contribution in [3.63, 3.8) is 0 Å². The number of nitrogens with zero attached hydrogens (tertiary/aromatic N) is 5. The number of amides is 1. The fraction of sp³-hybridized carbons (Fsp3) is 0.174. The number of benzene rings is 2. The molecule has 1 aliphatic rings. The van der Waals surface area contributed by atoms with E-state index in [1.165, 1.54) is 0 Å². The van der Waals surface area contributed by atoms with Gasteiger partial charge in [0.05, 0.1) is 31.3 Å². The van der Waals surface area contributed by atoms with Crippen molar-refractivity contribution in [3.8, 4) is 34.3 Å². The van der Waals surface area contributed by atoms with Gasteiger partial charge in [-0.2, -0.15) is 0 Å². The minimum atomic E-state index is 0.00832. The number of carbonyl (C=O) groups is 1. The SMILES string of the molecule is O=C(c1ccc(-c2cncc(-c3nnc(-c4ccccc4)o3)n2)cc1)N1CCOCC1. The molecule has 1 aliphatic heterocycles. The normalized spacial score (nSPS) is 13.9. The Labute approximate surface area is 178 Å². The van der Waals surface area contributed by atoms with E-state index in [0.717, 1.165) is 11.1 Å². The Morgan fingerprint density at radius 3 is 2.29 bits per heavy atom. The smallest absolute Gasteiger partial charge is 0.268 e. The van der Waals surface area contributed by atoms with Crippen molar-refractivity contribution in [2.45, 2.75) is 0 Å². The zero-order valence-electron chi connectivity index (χ0n) is 16.6. The molecule has 5 rings (SSSR count). The zero-order valence-corrected chi connectivity index (χ0v) is 16.6. The topological polar surface area (TPSA) is 94.2 Å². The minimum absolute atomic E-state index is 0.00832. The summed E-state index contributed by atoms with van der Waals surface area (Å²) in [5.74, 6) is 0.732. The first-order valence-electron chi connectivity index (χ1n) is 9.97. The van der Waals surface area contributed by atoms with E-state index in [1.54, 1.807) is 17.3 Å². The van der Waals surface area contributed by atoms with E-state index >= 15 is 0 Å². The van der Waals surface area contributed by atoms with E-state index in [0.29, 0.717) is 55.0 Å². The summed E-state index contributed by atoms with van der Waals surface area (Å²) in [5, 5.41) is 8.21. The maximum Gasteiger partial charge on any atom is 0.268 e. The van der Waals surface area contributed by atoms with Gasteiger partial charge in [0.2, 0.25) is 5.89 Å².